The second-order valence-corrected chi connectivity index (χ2v) is 3.39. The molecule has 0 saturated heterocycles. The molecule has 0 spiro atoms. The van der Waals surface area contributed by atoms with Gasteiger partial charge in [0, 0.05) is 5.33 Å². The van der Waals surface area contributed by atoms with E-state index in [-0.39, 0.29) is 5.33 Å². The highest BCUT2D eigenvalue weighted by atomic mass is 79.9. The number of rotatable bonds is 2. The molecule has 1 rings (SSSR count). The number of halogens is 6. The molecule has 16 heavy (non-hydrogen) atoms. The molecule has 0 amide bonds. The molecule has 8 heteroatoms. The van der Waals surface area contributed by atoms with Gasteiger partial charge < -0.3 is 5.11 Å². The highest BCUT2D eigenvalue weighted by molar-refractivity contribution is 9.08. The Kier molecular flexibility index (Phi) is 3.72. The van der Waals surface area contributed by atoms with Gasteiger partial charge in [0.1, 0.15) is 17.1 Å². The van der Waals surface area contributed by atoms with E-state index >= 15 is 0 Å². The molecule has 0 aliphatic carbocycles. The number of alkyl halides is 6. The highest BCUT2D eigenvalue weighted by Crippen LogP contribution is 2.36. The summed E-state index contributed by atoms with van der Waals surface area (Å²) in [5.41, 5.74) is -3.08. The first-order valence-electron chi connectivity index (χ1n) is 3.91. The van der Waals surface area contributed by atoms with E-state index in [1.54, 1.807) is 0 Å². The molecular formula is C8H5BrF5NO. The van der Waals surface area contributed by atoms with Crippen LogP contribution in [0.5, 0.6) is 5.75 Å². The van der Waals surface area contributed by atoms with Crippen molar-refractivity contribution >= 4 is 15.9 Å². The van der Waals surface area contributed by atoms with E-state index in [9.17, 15) is 22.0 Å². The Hall–Kier alpha value is -0.920. The topological polar surface area (TPSA) is 33.1 Å². The largest absolute Gasteiger partial charge is 0.506 e. The van der Waals surface area contributed by atoms with E-state index in [4.69, 9.17) is 5.11 Å². The number of pyridine rings is 1. The van der Waals surface area contributed by atoms with Crippen molar-refractivity contribution in [2.75, 3.05) is 0 Å². The van der Waals surface area contributed by atoms with Crippen molar-refractivity contribution < 1.29 is 27.1 Å². The smallest absolute Gasteiger partial charge is 0.433 e. The molecular weight excluding hydrogens is 301 g/mol. The number of aromatic hydroxyl groups is 1. The van der Waals surface area contributed by atoms with Gasteiger partial charge in [0.25, 0.3) is 6.43 Å². The molecule has 0 bridgehead atoms. The maximum Gasteiger partial charge on any atom is 0.433 e. The summed E-state index contributed by atoms with van der Waals surface area (Å²) in [6.45, 7) is 0. The third kappa shape index (κ3) is 2.60. The van der Waals surface area contributed by atoms with Gasteiger partial charge in [-0.05, 0) is 11.6 Å². The summed E-state index contributed by atoms with van der Waals surface area (Å²) in [5.74, 6) is -0.947. The van der Waals surface area contributed by atoms with Crippen LogP contribution in [0.1, 0.15) is 23.4 Å². The third-order valence-electron chi connectivity index (χ3n) is 1.73. The zero-order chi connectivity index (χ0) is 12.5. The van der Waals surface area contributed by atoms with Crippen LogP contribution in [0.2, 0.25) is 0 Å². The number of hydrogen-bond acceptors (Lipinski definition) is 2. The van der Waals surface area contributed by atoms with E-state index in [1.807, 2.05) is 0 Å². The third-order valence-corrected chi connectivity index (χ3v) is 2.33. The van der Waals surface area contributed by atoms with E-state index in [0.29, 0.717) is 6.07 Å². The molecule has 1 aromatic rings. The van der Waals surface area contributed by atoms with Gasteiger partial charge in [-0.15, -0.1) is 0 Å². The molecule has 1 aromatic heterocycles. The Morgan fingerprint density at radius 2 is 1.94 bits per heavy atom. The first-order chi connectivity index (χ1) is 7.27. The maximum absolute atomic E-state index is 12.4. The summed E-state index contributed by atoms with van der Waals surface area (Å²) < 4.78 is 61.7. The molecule has 0 unspecified atom stereocenters. The quantitative estimate of drug-likeness (QED) is 0.668. The van der Waals surface area contributed by atoms with Crippen molar-refractivity contribution in [2.45, 2.75) is 17.9 Å². The first kappa shape index (κ1) is 13.1. The summed E-state index contributed by atoms with van der Waals surface area (Å²) in [6, 6.07) is 0.631. The molecule has 0 radical (unpaired) electrons. The molecule has 90 valence electrons. The van der Waals surface area contributed by atoms with Gasteiger partial charge in [0.05, 0.1) is 0 Å². The van der Waals surface area contributed by atoms with E-state index in [1.165, 1.54) is 0 Å². The average Bonchev–Trinajstić information content (AvgIpc) is 2.14. The second kappa shape index (κ2) is 4.52. The molecule has 0 aliphatic heterocycles. The minimum absolute atomic E-state index is 0.244. The fourth-order valence-electron chi connectivity index (χ4n) is 1.06. The van der Waals surface area contributed by atoms with E-state index in [2.05, 4.69) is 20.9 Å². The van der Waals surface area contributed by atoms with E-state index < -0.39 is 35.3 Å². The van der Waals surface area contributed by atoms with Crippen LogP contribution in [-0.4, -0.2) is 10.1 Å². The summed E-state index contributed by atoms with van der Waals surface area (Å²) in [7, 11) is 0. The van der Waals surface area contributed by atoms with Gasteiger partial charge in [-0.2, -0.15) is 13.2 Å². The van der Waals surface area contributed by atoms with Crippen LogP contribution >= 0.6 is 15.9 Å². The summed E-state index contributed by atoms with van der Waals surface area (Å²) in [6.07, 6.45) is -8.09. The van der Waals surface area contributed by atoms with Crippen molar-refractivity contribution in [3.05, 3.63) is 23.0 Å². The number of aromatic nitrogens is 1. The van der Waals surface area contributed by atoms with Gasteiger partial charge >= 0.3 is 6.18 Å². The Morgan fingerprint density at radius 3 is 2.31 bits per heavy atom. The van der Waals surface area contributed by atoms with Gasteiger partial charge in [0.15, 0.2) is 0 Å². The Bertz CT molecular complexity index is 393. The molecule has 2 nitrogen and oxygen atoms in total. The van der Waals surface area contributed by atoms with E-state index in [0.717, 1.165) is 0 Å². The van der Waals surface area contributed by atoms with Crippen LogP contribution in [0.4, 0.5) is 22.0 Å². The van der Waals surface area contributed by atoms with Crippen molar-refractivity contribution in [2.24, 2.45) is 0 Å². The van der Waals surface area contributed by atoms with Crippen molar-refractivity contribution in [3.63, 3.8) is 0 Å². The lowest BCUT2D eigenvalue weighted by atomic mass is 10.1. The van der Waals surface area contributed by atoms with Gasteiger partial charge in [-0.1, -0.05) is 15.9 Å². The Morgan fingerprint density at radius 1 is 1.38 bits per heavy atom. The minimum Gasteiger partial charge on any atom is -0.506 e. The Balaban J connectivity index is 3.41. The second-order valence-electron chi connectivity index (χ2n) is 2.83. The van der Waals surface area contributed by atoms with Crippen LogP contribution in [-0.2, 0) is 11.5 Å². The molecule has 0 aromatic carbocycles. The zero-order valence-electron chi connectivity index (χ0n) is 7.52. The molecule has 0 fully saturated rings. The fourth-order valence-corrected chi connectivity index (χ4v) is 1.49. The highest BCUT2D eigenvalue weighted by Gasteiger charge is 2.37. The van der Waals surface area contributed by atoms with Crippen molar-refractivity contribution in [1.82, 2.24) is 4.98 Å². The fraction of sp³-hybridized carbons (Fsp3) is 0.375. The SMILES string of the molecule is Oc1cc(CBr)c(C(F)(F)F)nc1C(F)F. The Labute approximate surface area is 95.2 Å². The lowest BCUT2D eigenvalue weighted by Crippen LogP contribution is -2.13. The van der Waals surface area contributed by atoms with Crippen LogP contribution in [0, 0.1) is 0 Å². The summed E-state index contributed by atoms with van der Waals surface area (Å²) in [4.78, 5) is 2.76. The lowest BCUT2D eigenvalue weighted by molar-refractivity contribution is -0.142. The monoisotopic (exact) mass is 305 g/mol. The normalized spacial score (nSPS) is 12.2. The number of hydrogen-bond donors (Lipinski definition) is 1. The maximum atomic E-state index is 12.4. The zero-order valence-corrected chi connectivity index (χ0v) is 9.11. The lowest BCUT2D eigenvalue weighted by Gasteiger charge is -2.13. The molecule has 0 aliphatic rings. The summed E-state index contributed by atoms with van der Waals surface area (Å²) >= 11 is 2.76. The molecule has 0 saturated carbocycles. The van der Waals surface area contributed by atoms with Crippen LogP contribution in [0.15, 0.2) is 6.07 Å². The molecule has 0 atom stereocenters. The van der Waals surface area contributed by atoms with Crippen LogP contribution in [0.3, 0.4) is 0 Å². The van der Waals surface area contributed by atoms with Gasteiger partial charge in [-0.3, -0.25) is 0 Å². The van der Waals surface area contributed by atoms with Gasteiger partial charge in [0.2, 0.25) is 0 Å². The van der Waals surface area contributed by atoms with Crippen molar-refractivity contribution in [3.8, 4) is 5.75 Å². The standard InChI is InChI=1S/C8H5BrF5NO/c9-2-3-1-4(16)5(7(10)11)15-6(3)8(12,13)14/h1,7,16H,2H2. The average molecular weight is 306 g/mol. The summed E-state index contributed by atoms with van der Waals surface area (Å²) in [5, 5.41) is 8.81. The first-order valence-corrected chi connectivity index (χ1v) is 5.03. The van der Waals surface area contributed by atoms with Crippen LogP contribution in [0.25, 0.3) is 0 Å². The molecule has 1 heterocycles. The van der Waals surface area contributed by atoms with Gasteiger partial charge in [-0.25, -0.2) is 13.8 Å². The number of nitrogens with zero attached hydrogens (tertiary/aromatic N) is 1. The van der Waals surface area contributed by atoms with Crippen LogP contribution < -0.4 is 0 Å². The minimum atomic E-state index is -4.83. The predicted molar refractivity (Wildman–Crippen MR) is 48.5 cm³/mol. The molecule has 1 N–H and O–H groups in total. The van der Waals surface area contributed by atoms with Crippen molar-refractivity contribution in [1.29, 1.82) is 0 Å². The predicted octanol–water partition coefficient (Wildman–Crippen LogP) is 3.64.